The average molecular weight is 472 g/mol. The summed E-state index contributed by atoms with van der Waals surface area (Å²) in [6.45, 7) is 2.97. The highest BCUT2D eigenvalue weighted by Crippen LogP contribution is 2.27. The summed E-state index contributed by atoms with van der Waals surface area (Å²) in [7, 11) is 0. The Morgan fingerprint density at radius 1 is 1.09 bits per heavy atom. The van der Waals surface area contributed by atoms with Crippen molar-refractivity contribution in [1.82, 2.24) is 10.2 Å². The van der Waals surface area contributed by atoms with Gasteiger partial charge in [0.05, 0.1) is 10.7 Å². The molecule has 0 aliphatic carbocycles. The van der Waals surface area contributed by atoms with Crippen LogP contribution in [0, 0.1) is 17.0 Å². The van der Waals surface area contributed by atoms with E-state index in [1.165, 1.54) is 32.0 Å². The Labute approximate surface area is 190 Å². The number of nitrogens with one attached hydrogen (secondary N) is 2. The molecule has 0 spiro atoms. The highest BCUT2D eigenvalue weighted by molar-refractivity contribution is 8.01. The van der Waals surface area contributed by atoms with E-state index in [9.17, 15) is 24.5 Å². The second-order valence-electron chi connectivity index (χ2n) is 6.50. The van der Waals surface area contributed by atoms with Crippen LogP contribution in [-0.4, -0.2) is 38.5 Å². The van der Waals surface area contributed by atoms with Gasteiger partial charge in [-0.15, -0.1) is 10.2 Å². The maximum absolute atomic E-state index is 12.5. The quantitative estimate of drug-likeness (QED) is 0.165. The van der Waals surface area contributed by atoms with Crippen molar-refractivity contribution in [2.45, 2.75) is 18.2 Å². The summed E-state index contributed by atoms with van der Waals surface area (Å²) in [5, 5.41) is 24.4. The van der Waals surface area contributed by atoms with Crippen LogP contribution in [0.15, 0.2) is 46.8 Å². The van der Waals surface area contributed by atoms with Crippen molar-refractivity contribution in [2.75, 3.05) is 16.4 Å². The molecule has 1 aromatic heterocycles. The maximum Gasteiger partial charge on any atom is 0.273 e. The number of anilines is 2. The van der Waals surface area contributed by atoms with Gasteiger partial charge in [-0.1, -0.05) is 29.2 Å². The van der Waals surface area contributed by atoms with Gasteiger partial charge in [-0.3, -0.25) is 29.8 Å². The molecule has 0 atom stereocenters. The smallest absolute Gasteiger partial charge is 0.273 e. The van der Waals surface area contributed by atoms with Crippen LogP contribution in [0.5, 0.6) is 0 Å². The van der Waals surface area contributed by atoms with Gasteiger partial charge in [-0.2, -0.15) is 0 Å². The maximum atomic E-state index is 12.5. The van der Waals surface area contributed by atoms with Crippen LogP contribution in [0.2, 0.25) is 0 Å². The van der Waals surface area contributed by atoms with Gasteiger partial charge in [0.25, 0.3) is 11.6 Å². The molecule has 10 nitrogen and oxygen atoms in total. The van der Waals surface area contributed by atoms with E-state index in [0.29, 0.717) is 15.6 Å². The highest BCUT2D eigenvalue weighted by Gasteiger charge is 2.19. The Hall–Kier alpha value is -3.64. The molecule has 2 N–H and O–H groups in total. The predicted molar refractivity (Wildman–Crippen MR) is 121 cm³/mol. The fraction of sp³-hybridized carbons (Fsp3) is 0.150. The number of hydrogen-bond donors (Lipinski definition) is 2. The molecule has 3 aromatic rings. The molecular formula is C20H17N5O5S2. The summed E-state index contributed by atoms with van der Waals surface area (Å²) >= 11 is 2.23. The molecule has 12 heteroatoms. The van der Waals surface area contributed by atoms with Crippen LogP contribution >= 0.6 is 23.1 Å². The Bertz CT molecular complexity index is 1190. The van der Waals surface area contributed by atoms with E-state index >= 15 is 0 Å². The van der Waals surface area contributed by atoms with Crippen molar-refractivity contribution in [3.05, 3.63) is 69.3 Å². The first kappa shape index (κ1) is 23.0. The fourth-order valence-electron chi connectivity index (χ4n) is 2.66. The lowest BCUT2D eigenvalue weighted by molar-refractivity contribution is -0.385. The largest absolute Gasteiger partial charge is 0.325 e. The minimum Gasteiger partial charge on any atom is -0.325 e. The van der Waals surface area contributed by atoms with Gasteiger partial charge in [-0.05, 0) is 44.2 Å². The number of amides is 2. The molecule has 2 aromatic carbocycles. The zero-order valence-corrected chi connectivity index (χ0v) is 18.6. The molecule has 0 bridgehead atoms. The summed E-state index contributed by atoms with van der Waals surface area (Å²) < 4.78 is 0.471. The van der Waals surface area contributed by atoms with Gasteiger partial charge in [0.2, 0.25) is 11.0 Å². The molecule has 32 heavy (non-hydrogen) atoms. The summed E-state index contributed by atoms with van der Waals surface area (Å²) in [5.74, 6) is -0.788. The number of hydrogen-bond acceptors (Lipinski definition) is 9. The fourth-order valence-corrected chi connectivity index (χ4v) is 4.21. The molecule has 0 saturated carbocycles. The molecular weight excluding hydrogens is 454 g/mol. The molecule has 1 heterocycles. The summed E-state index contributed by atoms with van der Waals surface area (Å²) in [4.78, 5) is 46.4. The minimum atomic E-state index is -0.547. The van der Waals surface area contributed by atoms with Crippen molar-refractivity contribution < 1.29 is 19.3 Å². The number of Topliss-reactive ketones (excluding diaryl/α,β-unsaturated/α-hetero) is 1. The summed E-state index contributed by atoms with van der Waals surface area (Å²) in [5.41, 5.74) is 1.40. The lowest BCUT2D eigenvalue weighted by Gasteiger charge is -2.05. The number of benzene rings is 2. The number of nitrogens with zero attached hydrogens (tertiary/aromatic N) is 3. The van der Waals surface area contributed by atoms with E-state index in [2.05, 4.69) is 20.8 Å². The molecule has 0 fully saturated rings. The molecule has 0 saturated heterocycles. The van der Waals surface area contributed by atoms with E-state index < -0.39 is 10.8 Å². The first-order chi connectivity index (χ1) is 15.2. The average Bonchev–Trinajstić information content (AvgIpc) is 3.19. The molecule has 3 rings (SSSR count). The van der Waals surface area contributed by atoms with Crippen molar-refractivity contribution in [2.24, 2.45) is 0 Å². The van der Waals surface area contributed by atoms with Gasteiger partial charge in [0.1, 0.15) is 0 Å². The van der Waals surface area contributed by atoms with Gasteiger partial charge in [0, 0.05) is 28.4 Å². The third-order valence-corrected chi connectivity index (χ3v) is 6.25. The third kappa shape index (κ3) is 5.74. The number of rotatable bonds is 8. The number of nitro benzene ring substituents is 1. The number of nitro groups is 1. The Kier molecular flexibility index (Phi) is 7.28. The molecule has 0 unspecified atom stereocenters. The van der Waals surface area contributed by atoms with Crippen molar-refractivity contribution in [1.29, 1.82) is 0 Å². The van der Waals surface area contributed by atoms with Crippen LogP contribution < -0.4 is 10.6 Å². The van der Waals surface area contributed by atoms with Crippen LogP contribution in [0.4, 0.5) is 16.5 Å². The molecule has 164 valence electrons. The van der Waals surface area contributed by atoms with E-state index in [4.69, 9.17) is 0 Å². The predicted octanol–water partition coefficient (Wildman–Crippen LogP) is 3.94. The van der Waals surface area contributed by atoms with E-state index in [1.54, 1.807) is 24.3 Å². The first-order valence-corrected chi connectivity index (χ1v) is 11.0. The second-order valence-corrected chi connectivity index (χ2v) is 8.70. The summed E-state index contributed by atoms with van der Waals surface area (Å²) in [6, 6.07) is 10.8. The Balaban J connectivity index is 1.55. The SMILES string of the molecule is CC(=O)c1ccc(NC(=O)CSc2nnc(NC(=O)c3cccc([N+](=O)[O-])c3C)s2)cc1. The lowest BCUT2D eigenvalue weighted by atomic mass is 10.1. The summed E-state index contributed by atoms with van der Waals surface area (Å²) in [6.07, 6.45) is 0. The zero-order chi connectivity index (χ0) is 23.3. The number of carbonyl (C=O) groups excluding carboxylic acids is 3. The van der Waals surface area contributed by atoms with E-state index in [0.717, 1.165) is 23.1 Å². The van der Waals surface area contributed by atoms with Gasteiger partial charge >= 0.3 is 0 Å². The van der Waals surface area contributed by atoms with Gasteiger partial charge in [-0.25, -0.2) is 0 Å². The number of carbonyl (C=O) groups is 3. The Morgan fingerprint density at radius 2 is 1.81 bits per heavy atom. The molecule has 2 amide bonds. The number of aromatic nitrogens is 2. The molecule has 0 aliphatic heterocycles. The van der Waals surface area contributed by atoms with Crippen LogP contribution in [0.1, 0.15) is 33.2 Å². The monoisotopic (exact) mass is 471 g/mol. The topological polar surface area (TPSA) is 144 Å². The van der Waals surface area contributed by atoms with Crippen LogP contribution in [-0.2, 0) is 4.79 Å². The Morgan fingerprint density at radius 3 is 2.47 bits per heavy atom. The molecule has 0 radical (unpaired) electrons. The van der Waals surface area contributed by atoms with Crippen molar-refractivity contribution >= 4 is 57.2 Å². The minimum absolute atomic E-state index is 0.0572. The number of ketones is 1. The molecule has 0 aliphatic rings. The van der Waals surface area contributed by atoms with E-state index in [-0.39, 0.29) is 39.4 Å². The van der Waals surface area contributed by atoms with Crippen molar-refractivity contribution in [3.63, 3.8) is 0 Å². The van der Waals surface area contributed by atoms with Gasteiger partial charge < -0.3 is 5.32 Å². The van der Waals surface area contributed by atoms with E-state index in [1.807, 2.05) is 0 Å². The second kappa shape index (κ2) is 10.1. The van der Waals surface area contributed by atoms with Crippen molar-refractivity contribution in [3.8, 4) is 0 Å². The lowest BCUT2D eigenvalue weighted by Crippen LogP contribution is -2.14. The van der Waals surface area contributed by atoms with Gasteiger partial charge in [0.15, 0.2) is 10.1 Å². The standard InChI is InChI=1S/C20H17N5O5S2/c1-11-15(4-3-5-16(11)25(29)30)18(28)22-19-23-24-20(32-19)31-10-17(27)21-14-8-6-13(7-9-14)12(2)26/h3-9H,10H2,1-2H3,(H,21,27)(H,22,23,28). The number of thioether (sulfide) groups is 1. The first-order valence-electron chi connectivity index (χ1n) is 9.17. The van der Waals surface area contributed by atoms with Crippen LogP contribution in [0.25, 0.3) is 0 Å². The normalized spacial score (nSPS) is 10.4. The third-order valence-electron chi connectivity index (χ3n) is 4.28. The van der Waals surface area contributed by atoms with Crippen LogP contribution in [0.3, 0.4) is 0 Å². The zero-order valence-electron chi connectivity index (χ0n) is 16.9. The highest BCUT2D eigenvalue weighted by atomic mass is 32.2.